The highest BCUT2D eigenvalue weighted by Gasteiger charge is 2.39. The number of carbonyl (C=O) groups is 3. The van der Waals surface area contributed by atoms with Gasteiger partial charge in [-0.25, -0.2) is 0 Å². The fourth-order valence-electron chi connectivity index (χ4n) is 3.91. The molecule has 1 aliphatic carbocycles. The SMILES string of the molecule is CSc1ccc(CN(C)C(=O)COC(=O)[C@H]2CC(=O)N(C3CCCC3)C2)cc1. The van der Waals surface area contributed by atoms with E-state index in [-0.39, 0.29) is 30.9 Å². The third kappa shape index (κ3) is 5.07. The molecule has 2 aliphatic rings. The molecule has 0 spiro atoms. The number of nitrogens with zero attached hydrogens (tertiary/aromatic N) is 2. The average molecular weight is 405 g/mol. The van der Waals surface area contributed by atoms with E-state index in [0.717, 1.165) is 31.2 Å². The number of carbonyl (C=O) groups excluding carboxylic acids is 3. The van der Waals surface area contributed by atoms with Gasteiger partial charge in [-0.15, -0.1) is 11.8 Å². The summed E-state index contributed by atoms with van der Waals surface area (Å²) in [7, 11) is 1.69. The van der Waals surface area contributed by atoms with E-state index in [9.17, 15) is 14.4 Å². The minimum absolute atomic E-state index is 0.0333. The number of benzene rings is 1. The molecule has 0 radical (unpaired) electrons. The van der Waals surface area contributed by atoms with Gasteiger partial charge in [-0.3, -0.25) is 14.4 Å². The molecule has 3 rings (SSSR count). The molecule has 1 aromatic carbocycles. The summed E-state index contributed by atoms with van der Waals surface area (Å²) < 4.78 is 5.23. The summed E-state index contributed by atoms with van der Waals surface area (Å²) in [5.41, 5.74) is 1.02. The van der Waals surface area contributed by atoms with Gasteiger partial charge in [-0.1, -0.05) is 25.0 Å². The molecule has 152 valence electrons. The Balaban J connectivity index is 1.44. The van der Waals surface area contributed by atoms with Crippen molar-refractivity contribution in [2.24, 2.45) is 5.92 Å². The van der Waals surface area contributed by atoms with Crippen LogP contribution in [0.4, 0.5) is 0 Å². The van der Waals surface area contributed by atoms with Gasteiger partial charge in [0.25, 0.3) is 5.91 Å². The summed E-state index contributed by atoms with van der Waals surface area (Å²) >= 11 is 1.67. The van der Waals surface area contributed by atoms with Gasteiger partial charge in [0.1, 0.15) is 0 Å². The summed E-state index contributed by atoms with van der Waals surface area (Å²) in [5.74, 6) is -1.12. The Hall–Kier alpha value is -2.02. The van der Waals surface area contributed by atoms with Crippen LogP contribution in [0.1, 0.15) is 37.7 Å². The van der Waals surface area contributed by atoms with Crippen LogP contribution >= 0.6 is 11.8 Å². The molecule has 0 bridgehead atoms. The quantitative estimate of drug-likeness (QED) is 0.516. The normalized spacial score (nSPS) is 19.9. The van der Waals surface area contributed by atoms with Crippen molar-refractivity contribution >= 4 is 29.5 Å². The van der Waals surface area contributed by atoms with E-state index in [4.69, 9.17) is 4.74 Å². The highest BCUT2D eigenvalue weighted by Crippen LogP contribution is 2.29. The van der Waals surface area contributed by atoms with Gasteiger partial charge in [0.2, 0.25) is 5.91 Å². The van der Waals surface area contributed by atoms with E-state index in [1.165, 1.54) is 4.90 Å². The Morgan fingerprint density at radius 2 is 1.89 bits per heavy atom. The Labute approximate surface area is 170 Å². The van der Waals surface area contributed by atoms with E-state index < -0.39 is 11.9 Å². The van der Waals surface area contributed by atoms with Crippen molar-refractivity contribution in [3.63, 3.8) is 0 Å². The minimum Gasteiger partial charge on any atom is -0.455 e. The van der Waals surface area contributed by atoms with Crippen molar-refractivity contribution in [2.45, 2.75) is 49.6 Å². The Morgan fingerprint density at radius 3 is 2.54 bits per heavy atom. The molecule has 1 heterocycles. The zero-order chi connectivity index (χ0) is 20.1. The van der Waals surface area contributed by atoms with Gasteiger partial charge in [0.05, 0.1) is 5.92 Å². The standard InChI is InChI=1S/C21H28N2O4S/c1-22(12-15-7-9-18(28-2)10-8-15)20(25)14-27-21(26)16-11-19(24)23(13-16)17-5-3-4-6-17/h7-10,16-17H,3-6,11-14H2,1-2H3/t16-/m0/s1. The third-order valence-electron chi connectivity index (χ3n) is 5.60. The molecule has 1 aromatic rings. The fourth-order valence-corrected chi connectivity index (χ4v) is 4.32. The van der Waals surface area contributed by atoms with E-state index in [1.54, 1.807) is 23.7 Å². The maximum atomic E-state index is 12.3. The van der Waals surface area contributed by atoms with Gasteiger partial charge in [-0.2, -0.15) is 0 Å². The first kappa shape index (κ1) is 20.7. The number of hydrogen-bond donors (Lipinski definition) is 0. The van der Waals surface area contributed by atoms with Crippen molar-refractivity contribution in [1.82, 2.24) is 9.80 Å². The second kappa shape index (κ2) is 9.45. The number of rotatable bonds is 7. The fraction of sp³-hybridized carbons (Fsp3) is 0.571. The predicted molar refractivity (Wildman–Crippen MR) is 108 cm³/mol. The monoisotopic (exact) mass is 404 g/mol. The van der Waals surface area contributed by atoms with Crippen molar-refractivity contribution in [3.05, 3.63) is 29.8 Å². The first-order valence-electron chi connectivity index (χ1n) is 9.81. The van der Waals surface area contributed by atoms with Gasteiger partial charge >= 0.3 is 5.97 Å². The molecule has 28 heavy (non-hydrogen) atoms. The molecule has 0 N–H and O–H groups in total. The number of thioether (sulfide) groups is 1. The molecule has 0 aromatic heterocycles. The molecule has 2 amide bonds. The first-order valence-corrected chi connectivity index (χ1v) is 11.0. The van der Waals surface area contributed by atoms with Crippen molar-refractivity contribution in [3.8, 4) is 0 Å². The molecule has 1 atom stereocenters. The lowest BCUT2D eigenvalue weighted by Gasteiger charge is -2.23. The number of ether oxygens (including phenoxy) is 1. The number of esters is 1. The van der Waals surface area contributed by atoms with Crippen molar-refractivity contribution < 1.29 is 19.1 Å². The molecular formula is C21H28N2O4S. The van der Waals surface area contributed by atoms with Gasteiger partial charge in [-0.05, 0) is 36.8 Å². The maximum Gasteiger partial charge on any atom is 0.311 e. The zero-order valence-corrected chi connectivity index (χ0v) is 17.4. The molecule has 1 saturated carbocycles. The highest BCUT2D eigenvalue weighted by molar-refractivity contribution is 7.98. The summed E-state index contributed by atoms with van der Waals surface area (Å²) in [6.45, 7) is 0.600. The average Bonchev–Trinajstić information content (AvgIpc) is 3.35. The van der Waals surface area contributed by atoms with Crippen LogP contribution in [0, 0.1) is 5.92 Å². The Kier molecular flexibility index (Phi) is 6.99. The van der Waals surface area contributed by atoms with Crippen molar-refractivity contribution in [2.75, 3.05) is 26.5 Å². The number of hydrogen-bond acceptors (Lipinski definition) is 5. The summed E-state index contributed by atoms with van der Waals surface area (Å²) in [6.07, 6.45) is 6.54. The van der Waals surface area contributed by atoms with Crippen LogP contribution in [0.2, 0.25) is 0 Å². The lowest BCUT2D eigenvalue weighted by atomic mass is 10.1. The highest BCUT2D eigenvalue weighted by atomic mass is 32.2. The predicted octanol–water partition coefficient (Wildman–Crippen LogP) is 2.70. The van der Waals surface area contributed by atoms with E-state index in [2.05, 4.69) is 0 Å². The van der Waals surface area contributed by atoms with Crippen LogP contribution in [0.15, 0.2) is 29.2 Å². The smallest absolute Gasteiger partial charge is 0.311 e. The molecule has 1 aliphatic heterocycles. The molecule has 7 heteroatoms. The Bertz CT molecular complexity index is 716. The summed E-state index contributed by atoms with van der Waals surface area (Å²) in [5, 5.41) is 0. The number of likely N-dealkylation sites (tertiary alicyclic amines) is 1. The first-order chi connectivity index (χ1) is 13.5. The second-order valence-corrected chi connectivity index (χ2v) is 8.47. The van der Waals surface area contributed by atoms with Crippen LogP contribution in [0.5, 0.6) is 0 Å². The van der Waals surface area contributed by atoms with Crippen molar-refractivity contribution in [1.29, 1.82) is 0 Å². The van der Waals surface area contributed by atoms with Gasteiger partial charge in [0.15, 0.2) is 6.61 Å². The van der Waals surface area contributed by atoms with Crippen LogP contribution in [-0.4, -0.2) is 60.1 Å². The molecular weight excluding hydrogens is 376 g/mol. The summed E-state index contributed by atoms with van der Waals surface area (Å²) in [6, 6.07) is 8.29. The second-order valence-electron chi connectivity index (χ2n) is 7.59. The van der Waals surface area contributed by atoms with Gasteiger partial charge < -0.3 is 14.5 Å². The van der Waals surface area contributed by atoms with E-state index in [0.29, 0.717) is 13.1 Å². The van der Waals surface area contributed by atoms with Gasteiger partial charge in [0, 0.05) is 37.5 Å². The summed E-state index contributed by atoms with van der Waals surface area (Å²) in [4.78, 5) is 41.4. The molecule has 6 nitrogen and oxygen atoms in total. The Morgan fingerprint density at radius 1 is 1.21 bits per heavy atom. The largest absolute Gasteiger partial charge is 0.455 e. The third-order valence-corrected chi connectivity index (χ3v) is 6.34. The molecule has 1 saturated heterocycles. The lowest BCUT2D eigenvalue weighted by Crippen LogP contribution is -2.35. The topological polar surface area (TPSA) is 66.9 Å². The van der Waals surface area contributed by atoms with Crippen LogP contribution in [-0.2, 0) is 25.7 Å². The van der Waals surface area contributed by atoms with Crippen LogP contribution in [0.3, 0.4) is 0 Å². The van der Waals surface area contributed by atoms with Crippen LogP contribution < -0.4 is 0 Å². The van der Waals surface area contributed by atoms with E-state index in [1.807, 2.05) is 35.4 Å². The number of amides is 2. The minimum atomic E-state index is -0.453. The maximum absolute atomic E-state index is 12.3. The van der Waals surface area contributed by atoms with E-state index >= 15 is 0 Å². The lowest BCUT2D eigenvalue weighted by molar-refractivity contribution is -0.155. The zero-order valence-electron chi connectivity index (χ0n) is 16.6. The molecule has 2 fully saturated rings. The molecule has 0 unspecified atom stereocenters. The number of likely N-dealkylation sites (N-methyl/N-ethyl adjacent to an activating group) is 1. The van der Waals surface area contributed by atoms with Crippen LogP contribution in [0.25, 0.3) is 0 Å².